The quantitative estimate of drug-likeness (QED) is 0.704. The molecule has 0 radical (unpaired) electrons. The molecule has 8 nitrogen and oxygen atoms in total. The average molecular weight is 430 g/mol. The lowest BCUT2D eigenvalue weighted by molar-refractivity contribution is -0.159. The van der Waals surface area contributed by atoms with Crippen LogP contribution in [-0.2, 0) is 19.6 Å². The van der Waals surface area contributed by atoms with Gasteiger partial charge in [-0.15, -0.1) is 0 Å². The van der Waals surface area contributed by atoms with E-state index in [9.17, 15) is 12.8 Å². The molecule has 0 atom stereocenters. The first-order valence-electron chi connectivity index (χ1n) is 9.57. The number of nitrogens with zero attached hydrogens (tertiary/aromatic N) is 2. The van der Waals surface area contributed by atoms with Crippen molar-refractivity contribution in [2.24, 2.45) is 5.92 Å². The Bertz CT molecular complexity index is 786. The number of sulfonamides is 1. The number of carboxylic acids is 2. The van der Waals surface area contributed by atoms with Gasteiger partial charge >= 0.3 is 11.9 Å². The van der Waals surface area contributed by atoms with E-state index in [2.05, 4.69) is 11.8 Å². The summed E-state index contributed by atoms with van der Waals surface area (Å²) in [6.45, 7) is 5.68. The maximum Gasteiger partial charge on any atom is 0.414 e. The topological polar surface area (TPSA) is 115 Å². The standard InChI is InChI=1S/C17H25FN2O2S.C2H2O4/c1-14-6-10-19(11-7-14)16-8-12-20(13-9-16)23(21,22)17-4-2-15(18)3-5-17;3-1(4)2(5)6/h2-5,14,16H,6-13H2,1H3;(H,3,4)(H,5,6). The van der Waals surface area contributed by atoms with E-state index >= 15 is 0 Å². The van der Waals surface area contributed by atoms with E-state index < -0.39 is 27.8 Å². The Labute approximate surface area is 170 Å². The highest BCUT2D eigenvalue weighted by atomic mass is 32.2. The molecule has 1 aromatic carbocycles. The first-order valence-corrected chi connectivity index (χ1v) is 11.0. The average Bonchev–Trinajstić information content (AvgIpc) is 2.69. The van der Waals surface area contributed by atoms with Crippen LogP contribution in [0.2, 0.25) is 0 Å². The zero-order valence-corrected chi connectivity index (χ0v) is 17.1. The van der Waals surface area contributed by atoms with Crippen molar-refractivity contribution in [1.29, 1.82) is 0 Å². The van der Waals surface area contributed by atoms with E-state index in [1.165, 1.54) is 37.1 Å². The first kappa shape index (κ1) is 23.2. The molecule has 0 saturated carbocycles. The van der Waals surface area contributed by atoms with Crippen LogP contribution in [0.15, 0.2) is 29.2 Å². The SMILES string of the molecule is CC1CCN(C2CCN(S(=O)(=O)c3ccc(F)cc3)CC2)CC1.O=C(O)C(=O)O. The number of benzene rings is 1. The molecule has 0 aliphatic carbocycles. The minimum Gasteiger partial charge on any atom is -0.473 e. The van der Waals surface area contributed by atoms with Crippen LogP contribution in [-0.4, -0.2) is 72.0 Å². The summed E-state index contributed by atoms with van der Waals surface area (Å²) in [4.78, 5) is 20.9. The molecule has 0 spiro atoms. The number of hydrogen-bond acceptors (Lipinski definition) is 5. The van der Waals surface area contributed by atoms with Crippen LogP contribution in [0.25, 0.3) is 0 Å². The molecule has 3 rings (SSSR count). The number of halogens is 1. The van der Waals surface area contributed by atoms with Crippen LogP contribution >= 0.6 is 0 Å². The molecule has 1 aromatic rings. The lowest BCUT2D eigenvalue weighted by atomic mass is 9.95. The molecule has 0 amide bonds. The molecule has 162 valence electrons. The predicted molar refractivity (Wildman–Crippen MR) is 103 cm³/mol. The van der Waals surface area contributed by atoms with Crippen molar-refractivity contribution in [3.63, 3.8) is 0 Å². The van der Waals surface area contributed by atoms with Gasteiger partial charge in [0.25, 0.3) is 0 Å². The first-order chi connectivity index (χ1) is 13.6. The van der Waals surface area contributed by atoms with E-state index in [1.807, 2.05) is 0 Å². The molecule has 2 N–H and O–H groups in total. The van der Waals surface area contributed by atoms with Gasteiger partial charge in [0.1, 0.15) is 5.82 Å². The second-order valence-corrected chi connectivity index (χ2v) is 9.36. The number of carbonyl (C=O) groups is 2. The van der Waals surface area contributed by atoms with Gasteiger partial charge in [-0.05, 0) is 69.0 Å². The zero-order valence-electron chi connectivity index (χ0n) is 16.3. The number of rotatable bonds is 3. The van der Waals surface area contributed by atoms with Gasteiger partial charge < -0.3 is 15.1 Å². The van der Waals surface area contributed by atoms with Gasteiger partial charge in [-0.2, -0.15) is 4.31 Å². The number of carboxylic acid groups (broad SMARTS) is 2. The van der Waals surface area contributed by atoms with Crippen molar-refractivity contribution in [2.75, 3.05) is 26.2 Å². The highest BCUT2D eigenvalue weighted by Gasteiger charge is 2.32. The number of likely N-dealkylation sites (tertiary alicyclic amines) is 1. The summed E-state index contributed by atoms with van der Waals surface area (Å²) in [6, 6.07) is 5.61. The van der Waals surface area contributed by atoms with E-state index in [1.54, 1.807) is 4.31 Å². The van der Waals surface area contributed by atoms with Crippen LogP contribution in [0.1, 0.15) is 32.6 Å². The fourth-order valence-electron chi connectivity index (χ4n) is 3.60. The summed E-state index contributed by atoms with van der Waals surface area (Å²) in [7, 11) is -3.49. The summed E-state index contributed by atoms with van der Waals surface area (Å²) in [5, 5.41) is 14.8. The van der Waals surface area contributed by atoms with Crippen molar-refractivity contribution in [3.05, 3.63) is 30.1 Å². The Kier molecular flexibility index (Phi) is 8.12. The van der Waals surface area contributed by atoms with E-state index in [0.717, 1.165) is 31.8 Å². The normalized spacial score (nSPS) is 19.9. The molecule has 10 heteroatoms. The molecule has 2 heterocycles. The Morgan fingerprint density at radius 3 is 1.86 bits per heavy atom. The van der Waals surface area contributed by atoms with Crippen LogP contribution in [0.4, 0.5) is 4.39 Å². The summed E-state index contributed by atoms with van der Waals surface area (Å²) in [6.07, 6.45) is 4.26. The molecular weight excluding hydrogens is 403 g/mol. The number of hydrogen-bond donors (Lipinski definition) is 2. The van der Waals surface area contributed by atoms with Gasteiger partial charge in [0.05, 0.1) is 4.90 Å². The maximum absolute atomic E-state index is 13.0. The highest BCUT2D eigenvalue weighted by molar-refractivity contribution is 7.89. The second-order valence-electron chi connectivity index (χ2n) is 7.42. The van der Waals surface area contributed by atoms with Crippen molar-refractivity contribution in [1.82, 2.24) is 9.21 Å². The van der Waals surface area contributed by atoms with Gasteiger partial charge in [-0.3, -0.25) is 0 Å². The highest BCUT2D eigenvalue weighted by Crippen LogP contribution is 2.26. The molecule has 0 aromatic heterocycles. The Balaban J connectivity index is 0.000000438. The number of aliphatic carboxylic acids is 2. The van der Waals surface area contributed by atoms with E-state index in [0.29, 0.717) is 19.1 Å². The van der Waals surface area contributed by atoms with Gasteiger partial charge in [0.15, 0.2) is 0 Å². The summed E-state index contributed by atoms with van der Waals surface area (Å²) in [5.41, 5.74) is 0. The van der Waals surface area contributed by atoms with E-state index in [4.69, 9.17) is 19.8 Å². The Hall–Kier alpha value is -2.04. The Morgan fingerprint density at radius 1 is 0.931 bits per heavy atom. The minimum absolute atomic E-state index is 0.184. The summed E-state index contributed by atoms with van der Waals surface area (Å²) >= 11 is 0. The third-order valence-electron chi connectivity index (χ3n) is 5.39. The van der Waals surface area contributed by atoms with Crippen molar-refractivity contribution in [3.8, 4) is 0 Å². The fourth-order valence-corrected chi connectivity index (χ4v) is 5.07. The van der Waals surface area contributed by atoms with Crippen LogP contribution in [0.3, 0.4) is 0 Å². The van der Waals surface area contributed by atoms with Gasteiger partial charge in [-0.1, -0.05) is 6.92 Å². The Morgan fingerprint density at radius 2 is 1.41 bits per heavy atom. The summed E-state index contributed by atoms with van der Waals surface area (Å²) < 4.78 is 39.8. The number of piperidine rings is 2. The molecule has 2 aliphatic rings. The molecule has 2 fully saturated rings. The third kappa shape index (κ3) is 6.48. The van der Waals surface area contributed by atoms with Crippen molar-refractivity contribution >= 4 is 22.0 Å². The third-order valence-corrected chi connectivity index (χ3v) is 7.31. The van der Waals surface area contributed by atoms with Crippen molar-refractivity contribution < 1.29 is 32.6 Å². The zero-order chi connectivity index (χ0) is 21.6. The minimum atomic E-state index is -3.49. The monoisotopic (exact) mass is 430 g/mol. The summed E-state index contributed by atoms with van der Waals surface area (Å²) in [5.74, 6) is -3.25. The largest absolute Gasteiger partial charge is 0.473 e. The fraction of sp³-hybridized carbons (Fsp3) is 0.579. The molecule has 0 unspecified atom stereocenters. The van der Waals surface area contributed by atoms with Gasteiger partial charge in [0, 0.05) is 19.1 Å². The predicted octanol–water partition coefficient (Wildman–Crippen LogP) is 1.87. The molecule has 0 bridgehead atoms. The molecular formula is C19H27FN2O6S. The maximum atomic E-state index is 13.0. The smallest absolute Gasteiger partial charge is 0.414 e. The van der Waals surface area contributed by atoms with Crippen LogP contribution in [0.5, 0.6) is 0 Å². The molecule has 2 saturated heterocycles. The van der Waals surface area contributed by atoms with Gasteiger partial charge in [-0.25, -0.2) is 22.4 Å². The second kappa shape index (κ2) is 10.1. The lowest BCUT2D eigenvalue weighted by Gasteiger charge is -2.41. The van der Waals surface area contributed by atoms with Crippen LogP contribution in [0, 0.1) is 11.7 Å². The molecule has 29 heavy (non-hydrogen) atoms. The van der Waals surface area contributed by atoms with Crippen molar-refractivity contribution in [2.45, 2.75) is 43.5 Å². The lowest BCUT2D eigenvalue weighted by Crippen LogP contribution is -2.48. The molecule has 2 aliphatic heterocycles. The van der Waals surface area contributed by atoms with E-state index in [-0.39, 0.29) is 4.90 Å². The van der Waals surface area contributed by atoms with Gasteiger partial charge in [0.2, 0.25) is 10.0 Å². The van der Waals surface area contributed by atoms with Crippen LogP contribution < -0.4 is 0 Å².